The predicted octanol–water partition coefficient (Wildman–Crippen LogP) is 6.92. The molecule has 0 saturated carbocycles. The third kappa shape index (κ3) is 4.34. The topological polar surface area (TPSA) is 30.7 Å². The molecule has 0 amide bonds. The van der Waals surface area contributed by atoms with Crippen LogP contribution in [0.25, 0.3) is 11.4 Å². The Kier molecular flexibility index (Phi) is 6.46. The maximum atomic E-state index is 6.10. The minimum absolute atomic E-state index is 0.507. The Hall–Kier alpha value is -1.27. The van der Waals surface area contributed by atoms with E-state index in [0.717, 1.165) is 27.9 Å². The first kappa shape index (κ1) is 19.5. The normalized spacial score (nSPS) is 11.3. The van der Waals surface area contributed by atoms with Gasteiger partial charge in [0.25, 0.3) is 0 Å². The van der Waals surface area contributed by atoms with Crippen molar-refractivity contribution in [3.63, 3.8) is 0 Å². The molecule has 26 heavy (non-hydrogen) atoms. The molecule has 3 rings (SSSR count). The third-order valence-corrected chi connectivity index (χ3v) is 6.84. The number of hydrogen-bond donors (Lipinski definition) is 0. The number of hydrogen-bond acceptors (Lipinski definition) is 4. The molecular formula is C19H19Cl2N3S2. The fourth-order valence-corrected chi connectivity index (χ4v) is 4.57. The number of rotatable bonds is 7. The number of allylic oxidation sites excluding steroid dienone is 1. The molecule has 2 aromatic heterocycles. The van der Waals surface area contributed by atoms with Gasteiger partial charge in [-0.1, -0.05) is 61.0 Å². The highest BCUT2D eigenvalue weighted by Crippen LogP contribution is 2.32. The number of halogens is 2. The van der Waals surface area contributed by atoms with E-state index in [-0.39, 0.29) is 0 Å². The lowest BCUT2D eigenvalue weighted by atomic mass is 10.1. The largest absolute Gasteiger partial charge is 0.298 e. The highest BCUT2D eigenvalue weighted by Gasteiger charge is 2.16. The Morgan fingerprint density at radius 2 is 2.04 bits per heavy atom. The fraction of sp³-hybridized carbons (Fsp3) is 0.263. The van der Waals surface area contributed by atoms with E-state index in [1.54, 1.807) is 23.1 Å². The zero-order valence-corrected chi connectivity index (χ0v) is 17.7. The Morgan fingerprint density at radius 3 is 2.69 bits per heavy atom. The van der Waals surface area contributed by atoms with Gasteiger partial charge in [0.2, 0.25) is 0 Å². The average Bonchev–Trinajstić information content (AvgIpc) is 3.23. The molecule has 0 atom stereocenters. The van der Waals surface area contributed by atoms with Crippen LogP contribution in [0.5, 0.6) is 0 Å². The van der Waals surface area contributed by atoms with Crippen LogP contribution in [-0.2, 0) is 12.3 Å². The van der Waals surface area contributed by atoms with Gasteiger partial charge in [-0.25, -0.2) is 0 Å². The Morgan fingerprint density at radius 1 is 1.23 bits per heavy atom. The van der Waals surface area contributed by atoms with E-state index in [1.807, 2.05) is 24.3 Å². The van der Waals surface area contributed by atoms with Crippen LogP contribution in [-0.4, -0.2) is 14.8 Å². The molecule has 0 fully saturated rings. The van der Waals surface area contributed by atoms with Crippen LogP contribution in [0.15, 0.2) is 47.5 Å². The summed E-state index contributed by atoms with van der Waals surface area (Å²) < 4.78 is 2.10. The molecule has 3 nitrogen and oxygen atoms in total. The summed E-state index contributed by atoms with van der Waals surface area (Å²) in [5.41, 5.74) is 2.20. The number of thioether (sulfide) groups is 1. The van der Waals surface area contributed by atoms with E-state index in [2.05, 4.69) is 46.6 Å². The molecule has 2 heterocycles. The SMILES string of the molecule is C=CCn1c(SCc2ccc(Cl)c(Cl)c2)nnc1-c1csc(C(C)C)c1. The smallest absolute Gasteiger partial charge is 0.192 e. The highest BCUT2D eigenvalue weighted by molar-refractivity contribution is 7.98. The van der Waals surface area contributed by atoms with Gasteiger partial charge in [0.15, 0.2) is 11.0 Å². The Balaban J connectivity index is 1.84. The van der Waals surface area contributed by atoms with Crippen molar-refractivity contribution >= 4 is 46.3 Å². The predicted molar refractivity (Wildman–Crippen MR) is 114 cm³/mol. The van der Waals surface area contributed by atoms with Crippen molar-refractivity contribution in [2.24, 2.45) is 0 Å². The van der Waals surface area contributed by atoms with Crippen molar-refractivity contribution in [1.29, 1.82) is 0 Å². The lowest BCUT2D eigenvalue weighted by Crippen LogP contribution is -2.00. The lowest BCUT2D eigenvalue weighted by Gasteiger charge is -2.07. The molecule has 0 N–H and O–H groups in total. The van der Waals surface area contributed by atoms with Crippen molar-refractivity contribution in [3.05, 3.63) is 62.8 Å². The van der Waals surface area contributed by atoms with E-state index in [9.17, 15) is 0 Å². The average molecular weight is 424 g/mol. The van der Waals surface area contributed by atoms with Gasteiger partial charge in [0.1, 0.15) is 0 Å². The molecule has 0 aliphatic carbocycles. The van der Waals surface area contributed by atoms with Gasteiger partial charge in [-0.15, -0.1) is 28.1 Å². The highest BCUT2D eigenvalue weighted by atomic mass is 35.5. The van der Waals surface area contributed by atoms with Crippen molar-refractivity contribution in [2.45, 2.75) is 37.2 Å². The van der Waals surface area contributed by atoms with E-state index in [4.69, 9.17) is 23.2 Å². The molecule has 0 spiro atoms. The van der Waals surface area contributed by atoms with Crippen molar-refractivity contribution in [3.8, 4) is 11.4 Å². The first-order chi connectivity index (χ1) is 12.5. The summed E-state index contributed by atoms with van der Waals surface area (Å²) in [7, 11) is 0. The third-order valence-electron chi connectivity index (χ3n) is 3.83. The minimum Gasteiger partial charge on any atom is -0.298 e. The van der Waals surface area contributed by atoms with Crippen molar-refractivity contribution in [1.82, 2.24) is 14.8 Å². The Labute approximate surface area is 172 Å². The second-order valence-corrected chi connectivity index (χ2v) is 8.83. The molecule has 0 radical (unpaired) electrons. The molecule has 0 aliphatic rings. The first-order valence-corrected chi connectivity index (χ1v) is 10.8. The standard InChI is InChI=1S/C19H19Cl2N3S2/c1-4-7-24-18(14-9-17(12(2)3)25-11-14)22-23-19(24)26-10-13-5-6-15(20)16(21)8-13/h4-6,8-9,11-12H,1,7,10H2,2-3H3. The summed E-state index contributed by atoms with van der Waals surface area (Å²) in [6.07, 6.45) is 1.87. The zero-order valence-electron chi connectivity index (χ0n) is 14.6. The van der Waals surface area contributed by atoms with Crippen molar-refractivity contribution in [2.75, 3.05) is 0 Å². The molecule has 0 bridgehead atoms. The van der Waals surface area contributed by atoms with Crippen molar-refractivity contribution < 1.29 is 0 Å². The van der Waals surface area contributed by atoms with Gasteiger partial charge < -0.3 is 0 Å². The maximum absolute atomic E-state index is 6.10. The molecular weight excluding hydrogens is 405 g/mol. The van der Waals surface area contributed by atoms with Crippen LogP contribution in [0.2, 0.25) is 10.0 Å². The van der Waals surface area contributed by atoms with Crippen LogP contribution < -0.4 is 0 Å². The molecule has 7 heteroatoms. The van der Waals surface area contributed by atoms with Crippen LogP contribution >= 0.6 is 46.3 Å². The van der Waals surface area contributed by atoms with Gasteiger partial charge in [0.05, 0.1) is 10.0 Å². The van der Waals surface area contributed by atoms with E-state index in [0.29, 0.717) is 22.5 Å². The Bertz CT molecular complexity index is 915. The molecule has 0 unspecified atom stereocenters. The molecule has 136 valence electrons. The summed E-state index contributed by atoms with van der Waals surface area (Å²) in [5.74, 6) is 2.13. The molecule has 0 aliphatic heterocycles. The van der Waals surface area contributed by atoms with E-state index >= 15 is 0 Å². The molecule has 0 saturated heterocycles. The first-order valence-electron chi connectivity index (χ1n) is 8.19. The van der Waals surface area contributed by atoms with E-state index < -0.39 is 0 Å². The molecule has 1 aromatic carbocycles. The second kappa shape index (κ2) is 8.61. The number of benzene rings is 1. The van der Waals surface area contributed by atoms with E-state index in [1.165, 1.54) is 4.88 Å². The summed E-state index contributed by atoms with van der Waals surface area (Å²) in [5, 5.41) is 13.0. The second-order valence-electron chi connectivity index (χ2n) is 6.14. The van der Waals surface area contributed by atoms with Crippen LogP contribution in [0, 0.1) is 0 Å². The molecule has 3 aromatic rings. The zero-order chi connectivity index (χ0) is 18.7. The van der Waals surface area contributed by atoms with Crippen LogP contribution in [0.3, 0.4) is 0 Å². The number of thiophene rings is 1. The number of aromatic nitrogens is 3. The maximum Gasteiger partial charge on any atom is 0.192 e. The van der Waals surface area contributed by atoms with Crippen LogP contribution in [0.4, 0.5) is 0 Å². The summed E-state index contributed by atoms with van der Waals surface area (Å²) in [4.78, 5) is 1.35. The summed E-state index contributed by atoms with van der Waals surface area (Å²) >= 11 is 15.5. The van der Waals surface area contributed by atoms with Crippen LogP contribution in [0.1, 0.15) is 30.2 Å². The van der Waals surface area contributed by atoms with Gasteiger partial charge in [-0.3, -0.25) is 4.57 Å². The number of nitrogens with zero attached hydrogens (tertiary/aromatic N) is 3. The lowest BCUT2D eigenvalue weighted by molar-refractivity contribution is 0.731. The summed E-state index contributed by atoms with van der Waals surface area (Å²) in [6.45, 7) is 8.93. The fourth-order valence-electron chi connectivity index (χ4n) is 2.45. The monoisotopic (exact) mass is 423 g/mol. The van der Waals surface area contributed by atoms with Gasteiger partial charge in [-0.05, 0) is 29.7 Å². The van der Waals surface area contributed by atoms with Gasteiger partial charge >= 0.3 is 0 Å². The van der Waals surface area contributed by atoms with Gasteiger partial charge in [-0.2, -0.15) is 0 Å². The quantitative estimate of drug-likeness (QED) is 0.305. The summed E-state index contributed by atoms with van der Waals surface area (Å²) in [6, 6.07) is 7.88. The minimum atomic E-state index is 0.507. The van der Waals surface area contributed by atoms with Gasteiger partial charge in [0, 0.05) is 28.1 Å².